The first-order valence-corrected chi connectivity index (χ1v) is 12.1. The van der Waals surface area contributed by atoms with Gasteiger partial charge in [0.05, 0.1) is 6.33 Å². The van der Waals surface area contributed by atoms with Gasteiger partial charge in [0.1, 0.15) is 12.1 Å². The summed E-state index contributed by atoms with van der Waals surface area (Å²) in [6.07, 6.45) is 3.50. The first-order chi connectivity index (χ1) is 12.6. The number of rotatable bonds is 4. The van der Waals surface area contributed by atoms with Crippen molar-refractivity contribution >= 4 is 25.4 Å². The number of anilines is 3. The van der Waals surface area contributed by atoms with Gasteiger partial charge < -0.3 is 4.23 Å². The van der Waals surface area contributed by atoms with Crippen molar-refractivity contribution in [2.75, 3.05) is 4.90 Å². The third-order valence-corrected chi connectivity index (χ3v) is 6.05. The van der Waals surface area contributed by atoms with Gasteiger partial charge in [0.15, 0.2) is 19.8 Å². The van der Waals surface area contributed by atoms with Crippen LogP contribution in [-0.2, 0) is 0 Å². The molecular formula is C20H21N5Si. The van der Waals surface area contributed by atoms with Gasteiger partial charge in [-0.1, -0.05) is 56.0 Å². The molecule has 0 N–H and O–H groups in total. The van der Waals surface area contributed by atoms with E-state index in [1.54, 1.807) is 6.33 Å². The van der Waals surface area contributed by atoms with Gasteiger partial charge in [-0.05, 0) is 24.3 Å². The predicted octanol–water partition coefficient (Wildman–Crippen LogP) is 4.93. The zero-order chi connectivity index (χ0) is 18.1. The lowest BCUT2D eigenvalue weighted by atomic mass is 10.2. The number of fused-ring (bicyclic) bond motifs is 1. The molecular weight excluding hydrogens is 338 g/mol. The molecule has 0 spiro atoms. The quantitative estimate of drug-likeness (QED) is 0.485. The van der Waals surface area contributed by atoms with Crippen molar-refractivity contribution in [3.63, 3.8) is 0 Å². The van der Waals surface area contributed by atoms with Crippen LogP contribution >= 0.6 is 0 Å². The molecule has 5 nitrogen and oxygen atoms in total. The molecule has 0 radical (unpaired) electrons. The molecule has 0 aliphatic carbocycles. The Bertz CT molecular complexity index is 937. The van der Waals surface area contributed by atoms with Crippen LogP contribution in [0.4, 0.5) is 17.2 Å². The summed E-state index contributed by atoms with van der Waals surface area (Å²) in [6, 6.07) is 20.7. The summed E-state index contributed by atoms with van der Waals surface area (Å²) in [5, 5.41) is 0. The molecule has 130 valence electrons. The van der Waals surface area contributed by atoms with Crippen molar-refractivity contribution in [1.82, 2.24) is 19.2 Å². The normalized spacial score (nSPS) is 11.7. The van der Waals surface area contributed by atoms with E-state index in [2.05, 4.69) is 92.3 Å². The Kier molecular flexibility index (Phi) is 4.04. The van der Waals surface area contributed by atoms with Crippen LogP contribution in [0, 0.1) is 0 Å². The molecule has 0 aromatic heterocycles. The van der Waals surface area contributed by atoms with E-state index in [0.717, 1.165) is 22.9 Å². The highest BCUT2D eigenvalue weighted by molar-refractivity contribution is 6.75. The maximum atomic E-state index is 4.55. The summed E-state index contributed by atoms with van der Waals surface area (Å²) in [6.45, 7) is 6.90. The van der Waals surface area contributed by atoms with E-state index in [-0.39, 0.29) is 0 Å². The fourth-order valence-corrected chi connectivity index (χ4v) is 4.29. The molecule has 0 bridgehead atoms. The van der Waals surface area contributed by atoms with Crippen LogP contribution < -0.4 is 4.90 Å². The maximum Gasteiger partial charge on any atom is 0.184 e. The zero-order valence-corrected chi connectivity index (χ0v) is 16.2. The fourth-order valence-electron chi connectivity index (χ4n) is 3.05. The second kappa shape index (κ2) is 6.38. The average Bonchev–Trinajstić information content (AvgIpc) is 3.12. The molecule has 2 heterocycles. The summed E-state index contributed by atoms with van der Waals surface area (Å²) in [5.74, 6) is 1.69. The summed E-state index contributed by atoms with van der Waals surface area (Å²) in [7, 11) is -1.75. The third-order valence-electron chi connectivity index (χ3n) is 4.28. The molecule has 0 fully saturated rings. The van der Waals surface area contributed by atoms with E-state index >= 15 is 0 Å². The van der Waals surface area contributed by atoms with Crippen LogP contribution in [-0.4, -0.2) is 27.4 Å². The number of aromatic nitrogens is 4. The Labute approximate surface area is 154 Å². The summed E-state index contributed by atoms with van der Waals surface area (Å²) in [4.78, 5) is 15.7. The zero-order valence-electron chi connectivity index (χ0n) is 15.2. The first kappa shape index (κ1) is 16.5. The van der Waals surface area contributed by atoms with Crippen LogP contribution in [0.3, 0.4) is 0 Å². The van der Waals surface area contributed by atoms with Gasteiger partial charge in [-0.2, -0.15) is 0 Å². The SMILES string of the molecule is C[Si](C)(C)n1cnc2ncnc-2c1N(c1ccccc1)c1ccccc1. The third kappa shape index (κ3) is 2.88. The number of benzene rings is 2. The Balaban J connectivity index is 2.05. The standard InChI is InChI=1S/C20H21N5Si/c1-26(2,3)24-15-23-19-18(21-14-22-19)20(24)25(16-10-6-4-7-11-16)17-12-8-5-9-13-17/h4-15H,1-3H3. The van der Waals surface area contributed by atoms with Gasteiger partial charge in [0.2, 0.25) is 0 Å². The van der Waals surface area contributed by atoms with Gasteiger partial charge in [0, 0.05) is 11.4 Å². The van der Waals surface area contributed by atoms with Crippen LogP contribution in [0.5, 0.6) is 0 Å². The minimum absolute atomic E-state index is 0.673. The lowest BCUT2D eigenvalue weighted by Crippen LogP contribution is -2.36. The lowest BCUT2D eigenvalue weighted by Gasteiger charge is -2.33. The summed E-state index contributed by atoms with van der Waals surface area (Å²) >= 11 is 0. The minimum Gasteiger partial charge on any atom is -0.345 e. The lowest BCUT2D eigenvalue weighted by molar-refractivity contribution is 0.990. The van der Waals surface area contributed by atoms with E-state index < -0.39 is 8.24 Å². The molecule has 0 unspecified atom stereocenters. The largest absolute Gasteiger partial charge is 0.345 e. The Morgan fingerprint density at radius 3 is 1.88 bits per heavy atom. The number of hydrogen-bond donors (Lipinski definition) is 0. The van der Waals surface area contributed by atoms with Gasteiger partial charge in [-0.3, -0.25) is 4.90 Å². The number of para-hydroxylation sites is 2. The monoisotopic (exact) mass is 359 g/mol. The van der Waals surface area contributed by atoms with Crippen LogP contribution in [0.1, 0.15) is 0 Å². The smallest absolute Gasteiger partial charge is 0.184 e. The molecule has 2 aromatic carbocycles. The van der Waals surface area contributed by atoms with Crippen molar-refractivity contribution in [2.24, 2.45) is 0 Å². The highest BCUT2D eigenvalue weighted by Gasteiger charge is 2.29. The molecule has 2 aliphatic heterocycles. The van der Waals surface area contributed by atoms with Crippen molar-refractivity contribution in [2.45, 2.75) is 19.6 Å². The van der Waals surface area contributed by atoms with E-state index in [1.807, 2.05) is 18.5 Å². The van der Waals surface area contributed by atoms with Crippen LogP contribution in [0.25, 0.3) is 11.5 Å². The number of nitrogens with zero attached hydrogens (tertiary/aromatic N) is 5. The van der Waals surface area contributed by atoms with Crippen molar-refractivity contribution in [3.8, 4) is 11.5 Å². The molecule has 6 heteroatoms. The highest BCUT2D eigenvalue weighted by Crippen LogP contribution is 2.40. The molecule has 0 amide bonds. The maximum absolute atomic E-state index is 4.55. The van der Waals surface area contributed by atoms with E-state index in [0.29, 0.717) is 5.82 Å². The van der Waals surface area contributed by atoms with E-state index in [4.69, 9.17) is 0 Å². The Hall–Kier alpha value is -2.99. The van der Waals surface area contributed by atoms with Crippen LogP contribution in [0.2, 0.25) is 19.6 Å². The average molecular weight is 360 g/mol. The summed E-state index contributed by atoms with van der Waals surface area (Å²) in [5.41, 5.74) is 2.99. The molecule has 4 rings (SSSR count). The highest BCUT2D eigenvalue weighted by atomic mass is 28.3. The Morgan fingerprint density at radius 2 is 1.35 bits per heavy atom. The second-order valence-electron chi connectivity index (χ2n) is 7.16. The molecule has 0 atom stereocenters. The second-order valence-corrected chi connectivity index (χ2v) is 12.0. The topological polar surface area (TPSA) is 46.8 Å². The summed E-state index contributed by atoms with van der Waals surface area (Å²) < 4.78 is 2.30. The molecule has 2 aromatic rings. The Morgan fingerprint density at radius 1 is 0.769 bits per heavy atom. The van der Waals surface area contributed by atoms with Crippen molar-refractivity contribution in [3.05, 3.63) is 73.3 Å². The first-order valence-electron chi connectivity index (χ1n) is 8.64. The van der Waals surface area contributed by atoms with Gasteiger partial charge in [0.25, 0.3) is 0 Å². The van der Waals surface area contributed by atoms with Crippen molar-refractivity contribution in [1.29, 1.82) is 0 Å². The fraction of sp³-hybridized carbons (Fsp3) is 0.150. The van der Waals surface area contributed by atoms with E-state index in [9.17, 15) is 0 Å². The minimum atomic E-state index is -1.75. The molecule has 26 heavy (non-hydrogen) atoms. The van der Waals surface area contributed by atoms with E-state index in [1.165, 1.54) is 0 Å². The molecule has 0 saturated heterocycles. The predicted molar refractivity (Wildman–Crippen MR) is 108 cm³/mol. The molecule has 2 aliphatic rings. The van der Waals surface area contributed by atoms with Gasteiger partial charge in [-0.25, -0.2) is 15.0 Å². The number of imidazole rings is 1. The van der Waals surface area contributed by atoms with Gasteiger partial charge in [-0.15, -0.1) is 0 Å². The molecule has 0 saturated carbocycles. The number of hydrogen-bond acceptors (Lipinski definition) is 4. The van der Waals surface area contributed by atoms with Crippen molar-refractivity contribution < 1.29 is 0 Å². The van der Waals surface area contributed by atoms with Gasteiger partial charge >= 0.3 is 0 Å². The van der Waals surface area contributed by atoms with Crippen LogP contribution in [0.15, 0.2) is 73.3 Å².